The number of hydrogen-bond acceptors (Lipinski definition) is 8. The summed E-state index contributed by atoms with van der Waals surface area (Å²) in [5.74, 6) is 1.16. The lowest BCUT2D eigenvalue weighted by atomic mass is 10.1. The van der Waals surface area contributed by atoms with Crippen molar-refractivity contribution in [2.75, 3.05) is 54.1 Å². The van der Waals surface area contributed by atoms with Gasteiger partial charge in [0.15, 0.2) is 5.82 Å². The summed E-state index contributed by atoms with van der Waals surface area (Å²) in [6, 6.07) is 13.4. The van der Waals surface area contributed by atoms with Crippen LogP contribution in [0, 0.1) is 6.92 Å². The number of halogens is 1. The normalized spacial score (nSPS) is 15.5. The smallest absolute Gasteiger partial charge is 0.255 e. The molecular weight excluding hydrogens is 533 g/mol. The van der Waals surface area contributed by atoms with Crippen molar-refractivity contribution in [2.45, 2.75) is 32.5 Å². The third-order valence-electron chi connectivity index (χ3n) is 7.71. The molecule has 1 aliphatic carbocycles. The van der Waals surface area contributed by atoms with Crippen LogP contribution in [-0.4, -0.2) is 69.8 Å². The number of rotatable bonds is 9. The highest BCUT2D eigenvalue weighted by molar-refractivity contribution is 6.05. The van der Waals surface area contributed by atoms with Crippen LogP contribution in [-0.2, 0) is 13.7 Å². The number of aromatic nitrogens is 4. The molecule has 1 aliphatic heterocycles. The van der Waals surface area contributed by atoms with Crippen LogP contribution < -0.4 is 20.9 Å². The number of anilines is 5. The van der Waals surface area contributed by atoms with Gasteiger partial charge in [0.05, 0.1) is 11.3 Å². The van der Waals surface area contributed by atoms with E-state index in [0.717, 1.165) is 73.0 Å². The standard InChI is InChI=1S/C31H36FN9O/c1-20-4-5-24(36-31(42)22-12-21(17-32)13-25(14-22)41-10-8-39(2)9-11-41)15-27(20)37-30-26(18-40(3)38-30)28-16-29(34-19-33-28)35-23-6-7-23/h4-5,12-16,18-19,23H,6-11,17H2,1-3H3,(H,36,42)(H,37,38)(H,33,34,35). The lowest BCUT2D eigenvalue weighted by molar-refractivity contribution is 0.102. The molecule has 1 saturated heterocycles. The number of piperazine rings is 1. The summed E-state index contributed by atoms with van der Waals surface area (Å²) in [5, 5.41) is 14.5. The minimum absolute atomic E-state index is 0.286. The Morgan fingerprint density at radius 1 is 1.02 bits per heavy atom. The summed E-state index contributed by atoms with van der Waals surface area (Å²) >= 11 is 0. The van der Waals surface area contributed by atoms with Gasteiger partial charge >= 0.3 is 0 Å². The fourth-order valence-electron chi connectivity index (χ4n) is 5.08. The minimum atomic E-state index is -0.628. The molecule has 0 spiro atoms. The van der Waals surface area contributed by atoms with Crippen LogP contribution in [0.3, 0.4) is 0 Å². The van der Waals surface area contributed by atoms with E-state index in [9.17, 15) is 9.18 Å². The molecule has 1 amide bonds. The van der Waals surface area contributed by atoms with Gasteiger partial charge in [-0.05, 0) is 68.3 Å². The van der Waals surface area contributed by atoms with E-state index >= 15 is 0 Å². The van der Waals surface area contributed by atoms with E-state index in [1.54, 1.807) is 17.1 Å². The highest BCUT2D eigenvalue weighted by Crippen LogP contribution is 2.32. The Morgan fingerprint density at radius 3 is 2.60 bits per heavy atom. The molecule has 1 saturated carbocycles. The second-order valence-electron chi connectivity index (χ2n) is 11.2. The van der Waals surface area contributed by atoms with E-state index < -0.39 is 6.67 Å². The third-order valence-corrected chi connectivity index (χ3v) is 7.71. The molecule has 2 fully saturated rings. The third kappa shape index (κ3) is 6.36. The lowest BCUT2D eigenvalue weighted by Gasteiger charge is -2.34. The van der Waals surface area contributed by atoms with E-state index in [1.807, 2.05) is 56.6 Å². The Hall–Kier alpha value is -4.51. The van der Waals surface area contributed by atoms with Crippen LogP contribution in [0.4, 0.5) is 33.1 Å². The van der Waals surface area contributed by atoms with Crippen molar-refractivity contribution in [3.8, 4) is 11.3 Å². The number of likely N-dealkylation sites (N-methyl/N-ethyl adjacent to an activating group) is 1. The van der Waals surface area contributed by atoms with E-state index in [4.69, 9.17) is 0 Å². The Balaban J connectivity index is 1.21. The van der Waals surface area contributed by atoms with E-state index in [-0.39, 0.29) is 5.91 Å². The van der Waals surface area contributed by atoms with Crippen molar-refractivity contribution in [2.24, 2.45) is 7.05 Å². The maximum atomic E-state index is 13.8. The van der Waals surface area contributed by atoms with Gasteiger partial charge in [0.2, 0.25) is 0 Å². The van der Waals surface area contributed by atoms with Crippen molar-refractivity contribution >= 4 is 34.6 Å². The predicted molar refractivity (Wildman–Crippen MR) is 164 cm³/mol. The first-order chi connectivity index (χ1) is 20.3. The van der Waals surface area contributed by atoms with Crippen molar-refractivity contribution in [3.05, 3.63) is 71.7 Å². The first-order valence-electron chi connectivity index (χ1n) is 14.3. The monoisotopic (exact) mass is 569 g/mol. The van der Waals surface area contributed by atoms with Gasteiger partial charge in [0, 0.05) is 74.2 Å². The number of carbonyl (C=O) groups is 1. The lowest BCUT2D eigenvalue weighted by Crippen LogP contribution is -2.44. The molecule has 0 radical (unpaired) electrons. The molecule has 6 rings (SSSR count). The zero-order valence-corrected chi connectivity index (χ0v) is 24.2. The Bertz CT molecular complexity index is 1590. The highest BCUT2D eigenvalue weighted by atomic mass is 19.1. The number of nitrogens with one attached hydrogen (secondary N) is 3. The zero-order valence-electron chi connectivity index (χ0n) is 24.2. The van der Waals surface area contributed by atoms with Gasteiger partial charge in [-0.3, -0.25) is 9.48 Å². The maximum absolute atomic E-state index is 13.8. The summed E-state index contributed by atoms with van der Waals surface area (Å²) in [6.45, 7) is 4.89. The molecule has 2 aliphatic rings. The fourth-order valence-corrected chi connectivity index (χ4v) is 5.08. The Kier molecular flexibility index (Phi) is 7.75. The quantitative estimate of drug-likeness (QED) is 0.260. The SMILES string of the molecule is Cc1ccc(NC(=O)c2cc(CF)cc(N3CCN(C)CC3)c2)cc1Nc1nn(C)cc1-c1cc(NC2CC2)ncn1. The molecule has 2 aromatic carbocycles. The van der Waals surface area contributed by atoms with Gasteiger partial charge in [0.1, 0.15) is 18.8 Å². The van der Waals surface area contributed by atoms with Crippen LogP contribution >= 0.6 is 0 Å². The van der Waals surface area contributed by atoms with Gasteiger partial charge in [-0.15, -0.1) is 0 Å². The molecule has 0 atom stereocenters. The van der Waals surface area contributed by atoms with Crippen molar-refractivity contribution < 1.29 is 9.18 Å². The number of nitrogens with zero attached hydrogens (tertiary/aromatic N) is 6. The molecule has 4 aromatic rings. The summed E-state index contributed by atoms with van der Waals surface area (Å²) in [4.78, 5) is 26.7. The summed E-state index contributed by atoms with van der Waals surface area (Å²) < 4.78 is 15.5. The molecule has 218 valence electrons. The van der Waals surface area contributed by atoms with Crippen LogP contribution in [0.25, 0.3) is 11.3 Å². The molecule has 3 N–H and O–H groups in total. The van der Waals surface area contributed by atoms with E-state index in [1.165, 1.54) is 0 Å². The second kappa shape index (κ2) is 11.8. The second-order valence-corrected chi connectivity index (χ2v) is 11.2. The average Bonchev–Trinajstić information content (AvgIpc) is 3.73. The van der Waals surface area contributed by atoms with Crippen LogP contribution in [0.15, 0.2) is 55.0 Å². The van der Waals surface area contributed by atoms with Gasteiger partial charge in [-0.25, -0.2) is 14.4 Å². The number of hydrogen-bond donors (Lipinski definition) is 3. The zero-order chi connectivity index (χ0) is 29.2. The maximum Gasteiger partial charge on any atom is 0.255 e. The summed E-state index contributed by atoms with van der Waals surface area (Å²) in [6.07, 6.45) is 5.79. The summed E-state index contributed by atoms with van der Waals surface area (Å²) in [5.41, 5.74) is 5.80. The molecule has 42 heavy (non-hydrogen) atoms. The topological polar surface area (TPSA) is 103 Å². The van der Waals surface area contributed by atoms with E-state index in [2.05, 4.69) is 47.9 Å². The minimum Gasteiger partial charge on any atom is -0.369 e. The number of amides is 1. The summed E-state index contributed by atoms with van der Waals surface area (Å²) in [7, 11) is 3.96. The van der Waals surface area contributed by atoms with Crippen LogP contribution in [0.5, 0.6) is 0 Å². The average molecular weight is 570 g/mol. The molecule has 2 aromatic heterocycles. The fraction of sp³-hybridized carbons (Fsp3) is 0.355. The molecule has 0 unspecified atom stereocenters. The molecule has 0 bridgehead atoms. The van der Waals surface area contributed by atoms with E-state index in [0.29, 0.717) is 28.7 Å². The highest BCUT2D eigenvalue weighted by Gasteiger charge is 2.22. The largest absolute Gasteiger partial charge is 0.369 e. The predicted octanol–water partition coefficient (Wildman–Crippen LogP) is 4.98. The van der Waals surface area contributed by atoms with Gasteiger partial charge in [-0.1, -0.05) is 6.07 Å². The number of carbonyl (C=O) groups excluding carboxylic acids is 1. The molecular formula is C31H36FN9O. The van der Waals surface area contributed by atoms with Crippen molar-refractivity contribution in [1.82, 2.24) is 24.6 Å². The molecule has 11 heteroatoms. The van der Waals surface area contributed by atoms with Crippen molar-refractivity contribution in [1.29, 1.82) is 0 Å². The van der Waals surface area contributed by atoms with Gasteiger partial charge in [0.25, 0.3) is 5.91 Å². The van der Waals surface area contributed by atoms with Crippen LogP contribution in [0.2, 0.25) is 0 Å². The molecule has 3 heterocycles. The Morgan fingerprint density at radius 2 is 1.83 bits per heavy atom. The van der Waals surface area contributed by atoms with Gasteiger partial charge in [-0.2, -0.15) is 5.10 Å². The van der Waals surface area contributed by atoms with Gasteiger partial charge < -0.3 is 25.8 Å². The first-order valence-corrected chi connectivity index (χ1v) is 14.3. The van der Waals surface area contributed by atoms with Crippen molar-refractivity contribution in [3.63, 3.8) is 0 Å². The van der Waals surface area contributed by atoms with Crippen LogP contribution in [0.1, 0.15) is 34.3 Å². The first kappa shape index (κ1) is 27.6. The number of alkyl halides is 1. The number of aryl methyl sites for hydroxylation is 2. The molecule has 10 nitrogen and oxygen atoms in total. The Labute approximate surface area is 245 Å². The number of benzene rings is 2.